The zero-order valence-corrected chi connectivity index (χ0v) is 12.3. The maximum atomic E-state index is 5.75. The van der Waals surface area contributed by atoms with Crippen molar-refractivity contribution in [2.24, 2.45) is 5.41 Å². The first kappa shape index (κ1) is 15.1. The van der Waals surface area contributed by atoms with Gasteiger partial charge in [-0.15, -0.1) is 0 Å². The number of ether oxygens (including phenoxy) is 1. The van der Waals surface area contributed by atoms with Crippen LogP contribution >= 0.6 is 0 Å². The summed E-state index contributed by atoms with van der Waals surface area (Å²) in [6, 6.07) is 0.105. The Labute approximate surface area is 109 Å². The molecule has 0 radical (unpaired) electrons. The van der Waals surface area contributed by atoms with E-state index >= 15 is 0 Å². The van der Waals surface area contributed by atoms with Gasteiger partial charge in [-0.1, -0.05) is 32.9 Å². The van der Waals surface area contributed by atoms with Crippen molar-refractivity contribution in [1.82, 2.24) is 15.5 Å². The summed E-state index contributed by atoms with van der Waals surface area (Å²) in [6.45, 7) is 11.0. The fourth-order valence-electron chi connectivity index (χ4n) is 1.88. The van der Waals surface area contributed by atoms with E-state index < -0.39 is 0 Å². The van der Waals surface area contributed by atoms with Gasteiger partial charge in [0.25, 0.3) is 0 Å². The minimum Gasteiger partial charge on any atom is -0.370 e. The smallest absolute Gasteiger partial charge is 0.243 e. The fraction of sp³-hybridized carbons (Fsp3) is 0.846. The van der Waals surface area contributed by atoms with E-state index in [1.807, 2.05) is 14.0 Å². The monoisotopic (exact) mass is 255 g/mol. The van der Waals surface area contributed by atoms with Crippen molar-refractivity contribution < 1.29 is 9.26 Å². The number of hydrogen-bond donors (Lipinski definition) is 1. The third-order valence-corrected chi connectivity index (χ3v) is 2.87. The molecule has 1 heterocycles. The second-order valence-electron chi connectivity index (χ2n) is 5.44. The van der Waals surface area contributed by atoms with Crippen molar-refractivity contribution in [3.05, 3.63) is 11.7 Å². The van der Waals surface area contributed by atoms with Crippen LogP contribution in [-0.4, -0.2) is 23.8 Å². The maximum Gasteiger partial charge on any atom is 0.243 e. The van der Waals surface area contributed by atoms with Gasteiger partial charge in [-0.2, -0.15) is 4.98 Å². The van der Waals surface area contributed by atoms with E-state index in [0.29, 0.717) is 18.3 Å². The topological polar surface area (TPSA) is 60.2 Å². The molecule has 0 amide bonds. The highest BCUT2D eigenvalue weighted by atomic mass is 16.5. The van der Waals surface area contributed by atoms with Gasteiger partial charge in [-0.05, 0) is 25.8 Å². The molecule has 1 rings (SSSR count). The Kier molecular flexibility index (Phi) is 5.28. The summed E-state index contributed by atoms with van der Waals surface area (Å²) in [5.74, 6) is 1.26. The molecule has 5 nitrogen and oxygen atoms in total. The quantitative estimate of drug-likeness (QED) is 0.847. The van der Waals surface area contributed by atoms with Gasteiger partial charge in [-0.3, -0.25) is 0 Å². The predicted molar refractivity (Wildman–Crippen MR) is 70.2 cm³/mol. The lowest BCUT2D eigenvalue weighted by Gasteiger charge is -2.27. The first-order valence-electron chi connectivity index (χ1n) is 6.56. The SMILES string of the molecule is CCOC(c1noc(C(CC)NC)n1)C(C)(C)C. The highest BCUT2D eigenvalue weighted by Gasteiger charge is 2.31. The van der Waals surface area contributed by atoms with E-state index in [9.17, 15) is 0 Å². The molecular weight excluding hydrogens is 230 g/mol. The molecule has 2 atom stereocenters. The Morgan fingerprint density at radius 3 is 2.44 bits per heavy atom. The molecule has 0 fully saturated rings. The summed E-state index contributed by atoms with van der Waals surface area (Å²) in [4.78, 5) is 4.47. The van der Waals surface area contributed by atoms with Crippen LogP contribution in [0.3, 0.4) is 0 Å². The molecule has 0 aliphatic heterocycles. The Hall–Kier alpha value is -0.940. The summed E-state index contributed by atoms with van der Waals surface area (Å²) in [5, 5.41) is 7.22. The van der Waals surface area contributed by atoms with E-state index in [2.05, 4.69) is 43.2 Å². The fourth-order valence-corrected chi connectivity index (χ4v) is 1.88. The van der Waals surface area contributed by atoms with Gasteiger partial charge in [-0.25, -0.2) is 0 Å². The van der Waals surface area contributed by atoms with Gasteiger partial charge in [0.15, 0.2) is 0 Å². The standard InChI is InChI=1S/C13H25N3O2/c1-7-9(14-6)12-15-11(16-18-12)10(17-8-2)13(3,4)5/h9-10,14H,7-8H2,1-6H3. The number of nitrogens with zero attached hydrogens (tertiary/aromatic N) is 2. The second-order valence-corrected chi connectivity index (χ2v) is 5.44. The van der Waals surface area contributed by atoms with Gasteiger partial charge in [0.1, 0.15) is 6.10 Å². The molecule has 2 unspecified atom stereocenters. The molecule has 104 valence electrons. The summed E-state index contributed by atoms with van der Waals surface area (Å²) in [5.41, 5.74) is -0.0570. The summed E-state index contributed by atoms with van der Waals surface area (Å²) in [7, 11) is 1.89. The Morgan fingerprint density at radius 2 is 2.00 bits per heavy atom. The molecule has 0 aliphatic carbocycles. The lowest BCUT2D eigenvalue weighted by Crippen LogP contribution is -2.23. The average Bonchev–Trinajstić information content (AvgIpc) is 2.75. The lowest BCUT2D eigenvalue weighted by atomic mass is 9.88. The molecular formula is C13H25N3O2. The normalized spacial score (nSPS) is 15.7. The number of aromatic nitrogens is 2. The molecule has 1 N–H and O–H groups in total. The third-order valence-electron chi connectivity index (χ3n) is 2.87. The van der Waals surface area contributed by atoms with E-state index in [1.165, 1.54) is 0 Å². The van der Waals surface area contributed by atoms with E-state index in [4.69, 9.17) is 9.26 Å². The Morgan fingerprint density at radius 1 is 1.33 bits per heavy atom. The van der Waals surface area contributed by atoms with E-state index in [1.54, 1.807) is 0 Å². The Balaban J connectivity index is 2.94. The van der Waals surface area contributed by atoms with Gasteiger partial charge in [0, 0.05) is 6.61 Å². The molecule has 0 aliphatic rings. The highest BCUT2D eigenvalue weighted by Crippen LogP contribution is 2.34. The largest absolute Gasteiger partial charge is 0.370 e. The van der Waals surface area contributed by atoms with Crippen molar-refractivity contribution in [1.29, 1.82) is 0 Å². The van der Waals surface area contributed by atoms with Crippen molar-refractivity contribution in [3.8, 4) is 0 Å². The molecule has 0 spiro atoms. The van der Waals surface area contributed by atoms with Crippen LogP contribution in [0.2, 0.25) is 0 Å². The van der Waals surface area contributed by atoms with Crippen LogP contribution in [0.1, 0.15) is 64.9 Å². The highest BCUT2D eigenvalue weighted by molar-refractivity contribution is 4.99. The number of hydrogen-bond acceptors (Lipinski definition) is 5. The molecule has 18 heavy (non-hydrogen) atoms. The van der Waals surface area contributed by atoms with Crippen LogP contribution in [0.25, 0.3) is 0 Å². The van der Waals surface area contributed by atoms with Gasteiger partial charge >= 0.3 is 0 Å². The molecule has 5 heteroatoms. The minimum absolute atomic E-state index is 0.0570. The van der Waals surface area contributed by atoms with Gasteiger partial charge in [0.2, 0.25) is 11.7 Å². The van der Waals surface area contributed by atoms with Crippen LogP contribution in [0, 0.1) is 5.41 Å². The summed E-state index contributed by atoms with van der Waals surface area (Å²) < 4.78 is 11.1. The molecule has 0 aromatic carbocycles. The number of rotatable bonds is 6. The molecule has 1 aromatic rings. The molecule has 0 saturated carbocycles. The van der Waals surface area contributed by atoms with Crippen LogP contribution in [0.5, 0.6) is 0 Å². The van der Waals surface area contributed by atoms with Crippen molar-refractivity contribution in [3.63, 3.8) is 0 Å². The Bertz CT molecular complexity index is 353. The van der Waals surface area contributed by atoms with Crippen molar-refractivity contribution >= 4 is 0 Å². The van der Waals surface area contributed by atoms with E-state index in [-0.39, 0.29) is 17.6 Å². The second kappa shape index (κ2) is 6.29. The summed E-state index contributed by atoms with van der Waals surface area (Å²) >= 11 is 0. The van der Waals surface area contributed by atoms with Gasteiger partial charge < -0.3 is 14.6 Å². The van der Waals surface area contributed by atoms with Crippen LogP contribution in [0.4, 0.5) is 0 Å². The minimum atomic E-state index is -0.144. The third kappa shape index (κ3) is 3.53. The summed E-state index contributed by atoms with van der Waals surface area (Å²) in [6.07, 6.45) is 0.766. The molecule has 0 saturated heterocycles. The lowest BCUT2D eigenvalue weighted by molar-refractivity contribution is -0.0203. The van der Waals surface area contributed by atoms with Crippen LogP contribution in [0.15, 0.2) is 4.52 Å². The molecule has 1 aromatic heterocycles. The predicted octanol–water partition coefficient (Wildman–Crippen LogP) is 2.86. The van der Waals surface area contributed by atoms with Crippen LogP contribution in [-0.2, 0) is 4.74 Å². The maximum absolute atomic E-state index is 5.75. The number of nitrogens with one attached hydrogen (secondary N) is 1. The van der Waals surface area contributed by atoms with Gasteiger partial charge in [0.05, 0.1) is 6.04 Å². The molecule has 0 bridgehead atoms. The first-order valence-corrected chi connectivity index (χ1v) is 6.56. The first-order chi connectivity index (χ1) is 8.43. The zero-order chi connectivity index (χ0) is 13.8. The van der Waals surface area contributed by atoms with Crippen molar-refractivity contribution in [2.45, 2.75) is 53.2 Å². The zero-order valence-electron chi connectivity index (χ0n) is 12.3. The van der Waals surface area contributed by atoms with E-state index in [0.717, 1.165) is 6.42 Å². The van der Waals surface area contributed by atoms with Crippen LogP contribution < -0.4 is 5.32 Å². The van der Waals surface area contributed by atoms with Crippen molar-refractivity contribution in [2.75, 3.05) is 13.7 Å². The average molecular weight is 255 g/mol.